The predicted molar refractivity (Wildman–Crippen MR) is 86.6 cm³/mol. The summed E-state index contributed by atoms with van der Waals surface area (Å²) in [5.41, 5.74) is 3.35. The molecular formula is C17H19BrFN. The van der Waals surface area contributed by atoms with Crippen molar-refractivity contribution in [2.45, 2.75) is 32.7 Å². The monoisotopic (exact) mass is 335 g/mol. The molecule has 0 bridgehead atoms. The summed E-state index contributed by atoms with van der Waals surface area (Å²) in [5.74, 6) is -0.250. The molecule has 2 aromatic rings. The van der Waals surface area contributed by atoms with Gasteiger partial charge in [0.05, 0.1) is 4.47 Å². The van der Waals surface area contributed by atoms with Crippen LogP contribution in [0.15, 0.2) is 46.9 Å². The lowest BCUT2D eigenvalue weighted by Gasteiger charge is -2.16. The molecule has 20 heavy (non-hydrogen) atoms. The van der Waals surface area contributed by atoms with Gasteiger partial charge in [-0.3, -0.25) is 0 Å². The first kappa shape index (κ1) is 15.0. The van der Waals surface area contributed by atoms with Crippen molar-refractivity contribution in [2.24, 2.45) is 0 Å². The molecule has 2 rings (SSSR count). The van der Waals surface area contributed by atoms with Crippen molar-refractivity contribution in [1.29, 1.82) is 0 Å². The molecule has 2 aromatic carbocycles. The van der Waals surface area contributed by atoms with Crippen molar-refractivity contribution in [2.75, 3.05) is 5.32 Å². The molecule has 0 radical (unpaired) electrons. The topological polar surface area (TPSA) is 12.0 Å². The second-order valence-corrected chi connectivity index (χ2v) is 5.84. The molecule has 0 saturated heterocycles. The number of hydrogen-bond acceptors (Lipinski definition) is 1. The minimum Gasteiger partial charge on any atom is -0.378 e. The number of rotatable bonds is 5. The zero-order chi connectivity index (χ0) is 14.5. The van der Waals surface area contributed by atoms with Crippen LogP contribution in [0.4, 0.5) is 10.1 Å². The number of nitrogens with one attached hydrogen (secondary N) is 1. The molecule has 106 valence electrons. The Labute approximate surface area is 128 Å². The zero-order valence-corrected chi connectivity index (χ0v) is 13.4. The standard InChI is InChI=1S/C17H19BrFN/c1-3-4-13-5-7-14(8-6-13)12(2)20-15-9-10-16(18)17(19)11-15/h5-12,20H,3-4H2,1-2H3. The Morgan fingerprint density at radius 2 is 1.85 bits per heavy atom. The molecular weight excluding hydrogens is 317 g/mol. The average Bonchev–Trinajstić information content (AvgIpc) is 2.44. The summed E-state index contributed by atoms with van der Waals surface area (Å²) in [4.78, 5) is 0. The Bertz CT molecular complexity index is 566. The summed E-state index contributed by atoms with van der Waals surface area (Å²) in [6.45, 7) is 4.26. The summed E-state index contributed by atoms with van der Waals surface area (Å²) in [6.07, 6.45) is 2.27. The number of aryl methyl sites for hydroxylation is 1. The maximum Gasteiger partial charge on any atom is 0.139 e. The van der Waals surface area contributed by atoms with E-state index in [-0.39, 0.29) is 11.9 Å². The van der Waals surface area contributed by atoms with E-state index in [1.165, 1.54) is 17.2 Å². The average molecular weight is 336 g/mol. The SMILES string of the molecule is CCCc1ccc(C(C)Nc2ccc(Br)c(F)c2)cc1. The van der Waals surface area contributed by atoms with E-state index >= 15 is 0 Å². The molecule has 0 spiro atoms. The summed E-state index contributed by atoms with van der Waals surface area (Å²) < 4.78 is 14.0. The molecule has 0 aliphatic heterocycles. The quantitative estimate of drug-likeness (QED) is 0.737. The molecule has 0 saturated carbocycles. The third-order valence-electron chi connectivity index (χ3n) is 3.32. The van der Waals surface area contributed by atoms with Gasteiger partial charge >= 0.3 is 0 Å². The van der Waals surface area contributed by atoms with Crippen LogP contribution >= 0.6 is 15.9 Å². The largest absolute Gasteiger partial charge is 0.378 e. The molecule has 0 aliphatic rings. The second-order valence-electron chi connectivity index (χ2n) is 4.99. The number of benzene rings is 2. The van der Waals surface area contributed by atoms with Gasteiger partial charge < -0.3 is 5.32 Å². The van der Waals surface area contributed by atoms with Gasteiger partial charge in [0.1, 0.15) is 5.82 Å². The van der Waals surface area contributed by atoms with E-state index in [2.05, 4.69) is 59.4 Å². The Morgan fingerprint density at radius 1 is 1.15 bits per heavy atom. The lowest BCUT2D eigenvalue weighted by atomic mass is 10.0. The molecule has 1 N–H and O–H groups in total. The zero-order valence-electron chi connectivity index (χ0n) is 11.8. The van der Waals surface area contributed by atoms with Gasteiger partial charge in [-0.05, 0) is 58.6 Å². The van der Waals surface area contributed by atoms with Crippen LogP contribution in [0, 0.1) is 5.82 Å². The molecule has 1 atom stereocenters. The minimum atomic E-state index is -0.250. The Kier molecular flexibility index (Phi) is 5.18. The number of hydrogen-bond donors (Lipinski definition) is 1. The van der Waals surface area contributed by atoms with E-state index in [1.54, 1.807) is 6.07 Å². The fraction of sp³-hybridized carbons (Fsp3) is 0.294. The van der Waals surface area contributed by atoms with Crippen LogP contribution in [0.5, 0.6) is 0 Å². The highest BCUT2D eigenvalue weighted by molar-refractivity contribution is 9.10. The van der Waals surface area contributed by atoms with Crippen molar-refractivity contribution in [1.82, 2.24) is 0 Å². The van der Waals surface area contributed by atoms with Gasteiger partial charge in [-0.15, -0.1) is 0 Å². The highest BCUT2D eigenvalue weighted by Gasteiger charge is 2.07. The fourth-order valence-electron chi connectivity index (χ4n) is 2.18. The van der Waals surface area contributed by atoms with Gasteiger partial charge in [-0.2, -0.15) is 0 Å². The van der Waals surface area contributed by atoms with Crippen LogP contribution in [0.25, 0.3) is 0 Å². The molecule has 3 heteroatoms. The first-order valence-electron chi connectivity index (χ1n) is 6.90. The van der Waals surface area contributed by atoms with E-state index in [1.807, 2.05) is 6.07 Å². The van der Waals surface area contributed by atoms with E-state index in [4.69, 9.17) is 0 Å². The molecule has 0 aromatic heterocycles. The molecule has 1 unspecified atom stereocenters. The molecule has 0 amide bonds. The van der Waals surface area contributed by atoms with Crippen LogP contribution in [-0.4, -0.2) is 0 Å². The summed E-state index contributed by atoms with van der Waals surface area (Å²) >= 11 is 3.16. The molecule has 0 aliphatic carbocycles. The van der Waals surface area contributed by atoms with Crippen molar-refractivity contribution >= 4 is 21.6 Å². The third kappa shape index (κ3) is 3.83. The van der Waals surface area contributed by atoms with E-state index in [9.17, 15) is 4.39 Å². The van der Waals surface area contributed by atoms with E-state index < -0.39 is 0 Å². The summed E-state index contributed by atoms with van der Waals surface area (Å²) in [6, 6.07) is 13.8. The maximum absolute atomic E-state index is 13.5. The first-order chi connectivity index (χ1) is 9.60. The molecule has 0 fully saturated rings. The van der Waals surface area contributed by atoms with Crippen LogP contribution in [-0.2, 0) is 6.42 Å². The van der Waals surface area contributed by atoms with Gasteiger partial charge in [-0.1, -0.05) is 37.6 Å². The van der Waals surface area contributed by atoms with Crippen molar-refractivity contribution in [3.05, 3.63) is 63.9 Å². The van der Waals surface area contributed by atoms with Crippen molar-refractivity contribution < 1.29 is 4.39 Å². The van der Waals surface area contributed by atoms with Gasteiger partial charge in [0.2, 0.25) is 0 Å². The summed E-state index contributed by atoms with van der Waals surface area (Å²) in [7, 11) is 0. The van der Waals surface area contributed by atoms with Gasteiger partial charge in [0, 0.05) is 11.7 Å². The first-order valence-corrected chi connectivity index (χ1v) is 7.70. The van der Waals surface area contributed by atoms with Crippen molar-refractivity contribution in [3.63, 3.8) is 0 Å². The van der Waals surface area contributed by atoms with Gasteiger partial charge in [0.15, 0.2) is 0 Å². The van der Waals surface area contributed by atoms with E-state index in [0.717, 1.165) is 18.5 Å². The van der Waals surface area contributed by atoms with E-state index in [0.29, 0.717) is 4.47 Å². The minimum absolute atomic E-state index is 0.145. The predicted octanol–water partition coefficient (Wildman–Crippen LogP) is 5.71. The van der Waals surface area contributed by atoms with Crippen LogP contribution < -0.4 is 5.32 Å². The lowest BCUT2D eigenvalue weighted by Crippen LogP contribution is -2.06. The third-order valence-corrected chi connectivity index (χ3v) is 3.96. The van der Waals surface area contributed by atoms with Crippen LogP contribution in [0.3, 0.4) is 0 Å². The number of anilines is 1. The fourth-order valence-corrected chi connectivity index (χ4v) is 2.43. The number of halogens is 2. The van der Waals surface area contributed by atoms with Gasteiger partial charge in [-0.25, -0.2) is 4.39 Å². The Morgan fingerprint density at radius 3 is 2.45 bits per heavy atom. The second kappa shape index (κ2) is 6.89. The van der Waals surface area contributed by atoms with Gasteiger partial charge in [0.25, 0.3) is 0 Å². The van der Waals surface area contributed by atoms with Crippen LogP contribution in [0.2, 0.25) is 0 Å². The van der Waals surface area contributed by atoms with Crippen LogP contribution in [0.1, 0.15) is 37.4 Å². The lowest BCUT2D eigenvalue weighted by molar-refractivity contribution is 0.621. The van der Waals surface area contributed by atoms with Crippen molar-refractivity contribution in [3.8, 4) is 0 Å². The molecule has 0 heterocycles. The smallest absolute Gasteiger partial charge is 0.139 e. The Balaban J connectivity index is 2.06. The highest BCUT2D eigenvalue weighted by Crippen LogP contribution is 2.23. The summed E-state index contributed by atoms with van der Waals surface area (Å²) in [5, 5.41) is 3.32. The Hall–Kier alpha value is -1.35. The highest BCUT2D eigenvalue weighted by atomic mass is 79.9. The normalized spacial score (nSPS) is 12.2. The molecule has 1 nitrogen and oxygen atoms in total. The maximum atomic E-state index is 13.5.